The fourth-order valence-electron chi connectivity index (χ4n) is 5.92. The first-order valence-corrected chi connectivity index (χ1v) is 9.69. The van der Waals surface area contributed by atoms with Gasteiger partial charge in [-0.1, -0.05) is 6.42 Å². The van der Waals surface area contributed by atoms with E-state index in [1.54, 1.807) is 29.1 Å². The molecule has 7 nitrogen and oxygen atoms in total. The van der Waals surface area contributed by atoms with Crippen LogP contribution in [0.5, 0.6) is 0 Å². The van der Waals surface area contributed by atoms with Gasteiger partial charge in [-0.3, -0.25) is 14.9 Å². The van der Waals surface area contributed by atoms with E-state index in [1.807, 2.05) is 0 Å². The van der Waals surface area contributed by atoms with Crippen molar-refractivity contribution in [2.75, 3.05) is 0 Å². The zero-order valence-electron chi connectivity index (χ0n) is 15.0. The Hall–Kier alpha value is -2.70. The second-order valence-electron chi connectivity index (χ2n) is 8.16. The number of nitro benzene ring substituents is 1. The van der Waals surface area contributed by atoms with Gasteiger partial charge in [0.1, 0.15) is 5.69 Å². The minimum Gasteiger partial charge on any atom is -0.349 e. The van der Waals surface area contributed by atoms with E-state index in [4.69, 9.17) is 0 Å². The number of carbonyl (C=O) groups is 1. The quantitative estimate of drug-likeness (QED) is 0.664. The lowest BCUT2D eigenvalue weighted by Gasteiger charge is -2.32. The van der Waals surface area contributed by atoms with Crippen molar-refractivity contribution < 1.29 is 9.72 Å². The molecule has 3 aliphatic rings. The summed E-state index contributed by atoms with van der Waals surface area (Å²) in [5, 5.41) is 14.7. The van der Waals surface area contributed by atoms with Gasteiger partial charge in [0.15, 0.2) is 0 Å². The van der Waals surface area contributed by atoms with Crippen molar-refractivity contribution in [3.63, 3.8) is 0 Å². The van der Waals surface area contributed by atoms with Crippen LogP contribution < -0.4 is 5.32 Å². The first-order chi connectivity index (χ1) is 13.1. The third-order valence-electron chi connectivity index (χ3n) is 6.96. The van der Waals surface area contributed by atoms with Gasteiger partial charge in [0, 0.05) is 30.1 Å². The van der Waals surface area contributed by atoms with Crippen LogP contribution in [0.2, 0.25) is 0 Å². The van der Waals surface area contributed by atoms with Crippen LogP contribution in [0.25, 0.3) is 5.69 Å². The highest BCUT2D eigenvalue weighted by Gasteiger charge is 2.54. The third-order valence-corrected chi connectivity index (χ3v) is 6.96. The molecule has 0 saturated heterocycles. The van der Waals surface area contributed by atoms with E-state index in [-0.39, 0.29) is 17.6 Å². The van der Waals surface area contributed by atoms with Crippen LogP contribution in [0, 0.1) is 33.8 Å². The molecule has 5 atom stereocenters. The van der Waals surface area contributed by atoms with Crippen LogP contribution in [0.1, 0.15) is 42.5 Å². The zero-order valence-corrected chi connectivity index (χ0v) is 15.0. The summed E-state index contributed by atoms with van der Waals surface area (Å²) in [5.74, 6) is 2.78. The van der Waals surface area contributed by atoms with Crippen molar-refractivity contribution >= 4 is 11.6 Å². The SMILES string of the molecule is O=C(N[C@@H]1C[C@H]2C[C@H]1[C@H]1CCC[C@@H]21)c1ccc(-n2ccnc2)c([N+](=O)[O-])c1. The van der Waals surface area contributed by atoms with E-state index in [0.29, 0.717) is 17.2 Å². The second kappa shape index (κ2) is 6.18. The monoisotopic (exact) mass is 366 g/mol. The predicted octanol–water partition coefficient (Wildman–Crippen LogP) is 3.34. The van der Waals surface area contributed by atoms with Crippen molar-refractivity contribution in [2.24, 2.45) is 23.7 Å². The van der Waals surface area contributed by atoms with Gasteiger partial charge < -0.3 is 9.88 Å². The lowest BCUT2D eigenvalue weighted by atomic mass is 9.79. The van der Waals surface area contributed by atoms with E-state index < -0.39 is 4.92 Å². The number of rotatable bonds is 4. The highest BCUT2D eigenvalue weighted by Crippen LogP contribution is 2.58. The minimum absolute atomic E-state index is 0.0931. The van der Waals surface area contributed by atoms with Gasteiger partial charge in [-0.25, -0.2) is 4.98 Å². The first kappa shape index (κ1) is 16.5. The van der Waals surface area contributed by atoms with Crippen LogP contribution in [-0.4, -0.2) is 26.4 Å². The molecule has 1 amide bonds. The Morgan fingerprint density at radius 3 is 2.85 bits per heavy atom. The number of aromatic nitrogens is 2. The smallest absolute Gasteiger partial charge is 0.294 e. The summed E-state index contributed by atoms with van der Waals surface area (Å²) in [6.45, 7) is 0. The number of benzene rings is 1. The number of nitrogens with one attached hydrogen (secondary N) is 1. The topological polar surface area (TPSA) is 90.1 Å². The van der Waals surface area contributed by atoms with Gasteiger partial charge in [0.25, 0.3) is 11.6 Å². The molecule has 2 bridgehead atoms. The molecule has 5 rings (SSSR count). The molecule has 0 radical (unpaired) electrons. The number of amides is 1. The Morgan fingerprint density at radius 1 is 1.22 bits per heavy atom. The van der Waals surface area contributed by atoms with E-state index >= 15 is 0 Å². The maximum absolute atomic E-state index is 12.8. The summed E-state index contributed by atoms with van der Waals surface area (Å²) in [6.07, 6.45) is 11.0. The van der Waals surface area contributed by atoms with E-state index in [1.165, 1.54) is 38.1 Å². The van der Waals surface area contributed by atoms with Gasteiger partial charge in [0.2, 0.25) is 0 Å². The standard InChI is InChI=1S/C20H22N4O3/c25-20(22-17-9-13-8-16(17)15-3-1-2-14(13)15)12-4-5-18(19(10-12)24(26)27)23-7-6-21-11-23/h4-7,10-11,13-17H,1-3,8-9H2,(H,22,25)/t13-,14+,15+,16+,17-/m1/s1. The van der Waals surface area contributed by atoms with E-state index in [2.05, 4.69) is 10.3 Å². The van der Waals surface area contributed by atoms with Crippen LogP contribution in [0.15, 0.2) is 36.9 Å². The Labute approximate surface area is 156 Å². The maximum Gasteiger partial charge on any atom is 0.294 e. The van der Waals surface area contributed by atoms with Crippen molar-refractivity contribution in [3.8, 4) is 5.69 Å². The van der Waals surface area contributed by atoms with Gasteiger partial charge in [0.05, 0.1) is 11.3 Å². The summed E-state index contributed by atoms with van der Waals surface area (Å²) >= 11 is 0. The number of nitro groups is 1. The number of hydrogen-bond acceptors (Lipinski definition) is 4. The molecule has 7 heteroatoms. The summed E-state index contributed by atoms with van der Waals surface area (Å²) in [5.41, 5.74) is 0.656. The van der Waals surface area contributed by atoms with Crippen molar-refractivity contribution in [1.29, 1.82) is 0 Å². The molecule has 140 valence electrons. The summed E-state index contributed by atoms with van der Waals surface area (Å²) in [7, 11) is 0. The lowest BCUT2D eigenvalue weighted by Crippen LogP contribution is -2.42. The third kappa shape index (κ3) is 2.64. The summed E-state index contributed by atoms with van der Waals surface area (Å²) in [4.78, 5) is 27.8. The molecule has 1 heterocycles. The molecule has 1 N–H and O–H groups in total. The fourth-order valence-corrected chi connectivity index (χ4v) is 5.92. The van der Waals surface area contributed by atoms with Crippen molar-refractivity contribution in [2.45, 2.75) is 38.1 Å². The zero-order chi connectivity index (χ0) is 18.5. The molecule has 3 fully saturated rings. The Morgan fingerprint density at radius 2 is 2.07 bits per heavy atom. The van der Waals surface area contributed by atoms with Crippen LogP contribution in [0.4, 0.5) is 5.69 Å². The second-order valence-corrected chi connectivity index (χ2v) is 8.16. The average molecular weight is 366 g/mol. The highest BCUT2D eigenvalue weighted by atomic mass is 16.6. The van der Waals surface area contributed by atoms with Gasteiger partial charge in [-0.05, 0) is 61.5 Å². The molecular weight excluding hydrogens is 344 g/mol. The number of nitrogens with zero attached hydrogens (tertiary/aromatic N) is 3. The maximum atomic E-state index is 12.8. The molecule has 1 aromatic heterocycles. The Balaban J connectivity index is 1.36. The molecule has 0 aliphatic heterocycles. The molecule has 0 unspecified atom stereocenters. The molecule has 0 spiro atoms. The van der Waals surface area contributed by atoms with Gasteiger partial charge in [-0.15, -0.1) is 0 Å². The van der Waals surface area contributed by atoms with Crippen LogP contribution in [-0.2, 0) is 0 Å². The van der Waals surface area contributed by atoms with Crippen LogP contribution >= 0.6 is 0 Å². The summed E-state index contributed by atoms with van der Waals surface area (Å²) < 4.78 is 1.58. The van der Waals surface area contributed by atoms with Crippen molar-refractivity contribution in [1.82, 2.24) is 14.9 Å². The molecule has 2 aromatic rings. The molecule has 3 saturated carbocycles. The number of hydrogen-bond donors (Lipinski definition) is 1. The van der Waals surface area contributed by atoms with E-state index in [9.17, 15) is 14.9 Å². The summed E-state index contributed by atoms with van der Waals surface area (Å²) in [6, 6.07) is 4.86. The fraction of sp³-hybridized carbons (Fsp3) is 0.500. The minimum atomic E-state index is -0.452. The Kier molecular flexibility index (Phi) is 3.77. The number of imidazole rings is 1. The number of fused-ring (bicyclic) bond motifs is 5. The van der Waals surface area contributed by atoms with Gasteiger partial charge >= 0.3 is 0 Å². The average Bonchev–Trinajstić information content (AvgIpc) is 3.42. The van der Waals surface area contributed by atoms with Gasteiger partial charge in [-0.2, -0.15) is 0 Å². The Bertz CT molecular complexity index is 895. The molecule has 3 aliphatic carbocycles. The first-order valence-electron chi connectivity index (χ1n) is 9.69. The lowest BCUT2D eigenvalue weighted by molar-refractivity contribution is -0.384. The predicted molar refractivity (Wildman–Crippen MR) is 98.5 cm³/mol. The van der Waals surface area contributed by atoms with Crippen LogP contribution in [0.3, 0.4) is 0 Å². The number of carbonyl (C=O) groups excluding carboxylic acids is 1. The molecule has 1 aromatic carbocycles. The molecular formula is C20H22N4O3. The van der Waals surface area contributed by atoms with E-state index in [0.717, 1.165) is 24.2 Å². The van der Waals surface area contributed by atoms with Crippen molar-refractivity contribution in [3.05, 3.63) is 52.6 Å². The largest absolute Gasteiger partial charge is 0.349 e. The molecule has 27 heavy (non-hydrogen) atoms. The highest BCUT2D eigenvalue weighted by molar-refractivity contribution is 5.95. The normalized spacial score (nSPS) is 31.0.